The van der Waals surface area contributed by atoms with Gasteiger partial charge in [-0.25, -0.2) is 4.98 Å². The van der Waals surface area contributed by atoms with Crippen molar-refractivity contribution in [3.05, 3.63) is 47.7 Å². The quantitative estimate of drug-likeness (QED) is 0.886. The molecule has 0 bridgehead atoms. The lowest BCUT2D eigenvalue weighted by Crippen LogP contribution is -1.91. The zero-order chi connectivity index (χ0) is 12.3. The summed E-state index contributed by atoms with van der Waals surface area (Å²) in [6, 6.07) is 10.6. The van der Waals surface area contributed by atoms with Crippen LogP contribution in [0.5, 0.6) is 0 Å². The molecule has 88 valence electrons. The molecule has 0 saturated carbocycles. The number of nitrogens with zero attached hydrogens (tertiary/aromatic N) is 1. The van der Waals surface area contributed by atoms with Crippen LogP contribution < -0.4 is 5.32 Å². The van der Waals surface area contributed by atoms with Crippen LogP contribution in [0.4, 0.5) is 5.82 Å². The number of nitrogens with one attached hydrogen (secondary N) is 1. The van der Waals surface area contributed by atoms with Crippen molar-refractivity contribution >= 4 is 17.6 Å². The lowest BCUT2D eigenvalue weighted by Gasteiger charge is -2.07. The largest absolute Gasteiger partial charge is 0.373 e. The van der Waals surface area contributed by atoms with Crippen LogP contribution in [0.2, 0.25) is 0 Å². The molecule has 2 aromatic rings. The van der Waals surface area contributed by atoms with Gasteiger partial charge in [0.25, 0.3) is 0 Å². The maximum atomic E-state index is 4.21. The number of benzene rings is 1. The highest BCUT2D eigenvalue weighted by atomic mass is 32.2. The second-order valence-electron chi connectivity index (χ2n) is 4.00. The molecule has 1 N–H and O–H groups in total. The van der Waals surface area contributed by atoms with Gasteiger partial charge in [0.1, 0.15) is 5.82 Å². The topological polar surface area (TPSA) is 24.9 Å². The highest BCUT2D eigenvalue weighted by molar-refractivity contribution is 7.99. The SMILES string of the molecule is CNc1cc(Sc2ccc(C)cc2C)ccn1. The van der Waals surface area contributed by atoms with Crippen molar-refractivity contribution in [2.24, 2.45) is 0 Å². The van der Waals surface area contributed by atoms with Gasteiger partial charge in [-0.15, -0.1) is 0 Å². The Hall–Kier alpha value is -1.48. The Morgan fingerprint density at radius 1 is 1.12 bits per heavy atom. The summed E-state index contributed by atoms with van der Waals surface area (Å²) in [5.41, 5.74) is 2.62. The lowest BCUT2D eigenvalue weighted by molar-refractivity contribution is 1.22. The summed E-state index contributed by atoms with van der Waals surface area (Å²) in [6.07, 6.45) is 1.83. The number of aryl methyl sites for hydroxylation is 2. The van der Waals surface area contributed by atoms with Crippen LogP contribution in [0, 0.1) is 13.8 Å². The molecule has 2 nitrogen and oxygen atoms in total. The third-order valence-corrected chi connectivity index (χ3v) is 3.71. The summed E-state index contributed by atoms with van der Waals surface area (Å²) in [5.74, 6) is 0.903. The predicted molar refractivity (Wildman–Crippen MR) is 73.8 cm³/mol. The minimum absolute atomic E-state index is 0.903. The van der Waals surface area contributed by atoms with E-state index in [4.69, 9.17) is 0 Å². The molecule has 0 aliphatic heterocycles. The van der Waals surface area contributed by atoms with Crippen LogP contribution in [-0.4, -0.2) is 12.0 Å². The van der Waals surface area contributed by atoms with E-state index in [9.17, 15) is 0 Å². The molecule has 17 heavy (non-hydrogen) atoms. The Morgan fingerprint density at radius 2 is 1.94 bits per heavy atom. The Bertz CT molecular complexity index is 523. The Morgan fingerprint density at radius 3 is 2.65 bits per heavy atom. The Labute approximate surface area is 106 Å². The van der Waals surface area contributed by atoms with Crippen molar-refractivity contribution in [2.45, 2.75) is 23.6 Å². The lowest BCUT2D eigenvalue weighted by atomic mass is 10.2. The van der Waals surface area contributed by atoms with E-state index in [0.717, 1.165) is 5.82 Å². The van der Waals surface area contributed by atoms with Crippen LogP contribution in [0.3, 0.4) is 0 Å². The maximum absolute atomic E-state index is 4.21. The summed E-state index contributed by atoms with van der Waals surface area (Å²) in [7, 11) is 1.88. The van der Waals surface area contributed by atoms with Gasteiger partial charge in [0.05, 0.1) is 0 Å². The minimum Gasteiger partial charge on any atom is -0.373 e. The molecule has 2 rings (SSSR count). The number of pyridine rings is 1. The maximum Gasteiger partial charge on any atom is 0.126 e. The molecule has 0 radical (unpaired) electrons. The first-order valence-corrected chi connectivity index (χ1v) is 6.39. The summed E-state index contributed by atoms with van der Waals surface area (Å²) in [5, 5.41) is 3.05. The van der Waals surface area contributed by atoms with Crippen LogP contribution in [0.15, 0.2) is 46.3 Å². The molecule has 1 aromatic heterocycles. The van der Waals surface area contributed by atoms with Crippen LogP contribution in [-0.2, 0) is 0 Å². The second kappa shape index (κ2) is 5.23. The van der Waals surface area contributed by atoms with Crippen molar-refractivity contribution in [3.63, 3.8) is 0 Å². The van der Waals surface area contributed by atoms with Crippen molar-refractivity contribution in [3.8, 4) is 0 Å². The number of anilines is 1. The van der Waals surface area contributed by atoms with Crippen LogP contribution in [0.25, 0.3) is 0 Å². The van der Waals surface area contributed by atoms with Crippen molar-refractivity contribution in [1.82, 2.24) is 4.98 Å². The smallest absolute Gasteiger partial charge is 0.126 e. The van der Waals surface area contributed by atoms with Gasteiger partial charge in [0.2, 0.25) is 0 Å². The number of hydrogen-bond donors (Lipinski definition) is 1. The second-order valence-corrected chi connectivity index (χ2v) is 5.11. The molecular formula is C14H16N2S. The van der Waals surface area contributed by atoms with E-state index in [2.05, 4.69) is 48.4 Å². The van der Waals surface area contributed by atoms with Crippen molar-refractivity contribution in [2.75, 3.05) is 12.4 Å². The highest BCUT2D eigenvalue weighted by Crippen LogP contribution is 2.31. The zero-order valence-corrected chi connectivity index (χ0v) is 11.1. The van der Waals surface area contributed by atoms with Crippen LogP contribution in [0.1, 0.15) is 11.1 Å². The standard InChI is InChI=1S/C14H16N2S/c1-10-4-5-13(11(2)8-10)17-12-6-7-16-14(9-12)15-3/h4-9H,1-3H3,(H,15,16). The number of hydrogen-bond acceptors (Lipinski definition) is 3. The highest BCUT2D eigenvalue weighted by Gasteiger charge is 2.02. The number of aromatic nitrogens is 1. The monoisotopic (exact) mass is 244 g/mol. The van der Waals surface area contributed by atoms with Gasteiger partial charge in [-0.1, -0.05) is 29.5 Å². The molecule has 3 heteroatoms. The van der Waals surface area contributed by atoms with E-state index in [0.29, 0.717) is 0 Å². The molecule has 0 unspecified atom stereocenters. The van der Waals surface area contributed by atoms with Crippen molar-refractivity contribution in [1.29, 1.82) is 0 Å². The Kier molecular flexibility index (Phi) is 3.69. The van der Waals surface area contributed by atoms with Crippen molar-refractivity contribution < 1.29 is 0 Å². The number of rotatable bonds is 3. The fourth-order valence-corrected chi connectivity index (χ4v) is 2.56. The van der Waals surface area contributed by atoms with Crippen LogP contribution >= 0.6 is 11.8 Å². The van der Waals surface area contributed by atoms with Gasteiger partial charge < -0.3 is 5.32 Å². The average molecular weight is 244 g/mol. The minimum atomic E-state index is 0.903. The summed E-state index contributed by atoms with van der Waals surface area (Å²) < 4.78 is 0. The molecule has 1 aromatic carbocycles. The first-order chi connectivity index (χ1) is 8.19. The van der Waals surface area contributed by atoms with Gasteiger partial charge in [0, 0.05) is 23.0 Å². The average Bonchev–Trinajstić information content (AvgIpc) is 2.33. The summed E-state index contributed by atoms with van der Waals surface area (Å²) in [6.45, 7) is 4.27. The predicted octanol–water partition coefficient (Wildman–Crippen LogP) is 3.89. The molecule has 0 atom stereocenters. The fourth-order valence-electron chi connectivity index (χ4n) is 1.65. The van der Waals surface area contributed by atoms with E-state index < -0.39 is 0 Å². The normalized spacial score (nSPS) is 10.3. The Balaban J connectivity index is 2.25. The van der Waals surface area contributed by atoms with Gasteiger partial charge in [-0.3, -0.25) is 0 Å². The van der Waals surface area contributed by atoms with E-state index in [-0.39, 0.29) is 0 Å². The molecule has 0 spiro atoms. The van der Waals surface area contributed by atoms with E-state index in [1.807, 2.05) is 19.3 Å². The third-order valence-electron chi connectivity index (χ3n) is 2.55. The molecule has 1 heterocycles. The molecular weight excluding hydrogens is 228 g/mol. The fraction of sp³-hybridized carbons (Fsp3) is 0.214. The van der Waals surface area contributed by atoms with Gasteiger partial charge in [-0.05, 0) is 37.6 Å². The van der Waals surface area contributed by atoms with Gasteiger partial charge >= 0.3 is 0 Å². The summed E-state index contributed by atoms with van der Waals surface area (Å²) in [4.78, 5) is 6.71. The van der Waals surface area contributed by atoms with Gasteiger partial charge in [0.15, 0.2) is 0 Å². The van der Waals surface area contributed by atoms with E-state index >= 15 is 0 Å². The zero-order valence-electron chi connectivity index (χ0n) is 10.3. The molecule has 0 saturated heterocycles. The molecule has 0 fully saturated rings. The van der Waals surface area contributed by atoms with Gasteiger partial charge in [-0.2, -0.15) is 0 Å². The van der Waals surface area contributed by atoms with E-state index in [1.165, 1.54) is 20.9 Å². The molecule has 0 aliphatic carbocycles. The third kappa shape index (κ3) is 3.01. The molecule has 0 aliphatic rings. The first-order valence-electron chi connectivity index (χ1n) is 5.58. The first kappa shape index (κ1) is 12.0. The molecule has 0 amide bonds. The summed E-state index contributed by atoms with van der Waals surface area (Å²) >= 11 is 1.77. The van der Waals surface area contributed by atoms with E-state index in [1.54, 1.807) is 11.8 Å².